The lowest BCUT2D eigenvalue weighted by Crippen LogP contribution is -2.51. The monoisotopic (exact) mass is 317 g/mol. The van der Waals surface area contributed by atoms with Crippen LogP contribution in [0.2, 0.25) is 0 Å². The van der Waals surface area contributed by atoms with Gasteiger partial charge in [-0.05, 0) is 42.9 Å². The van der Waals surface area contributed by atoms with E-state index in [1.54, 1.807) is 4.90 Å². The zero-order valence-corrected chi connectivity index (χ0v) is 14.2. The van der Waals surface area contributed by atoms with E-state index >= 15 is 0 Å². The van der Waals surface area contributed by atoms with E-state index < -0.39 is 12.1 Å². The first-order valence-corrected chi connectivity index (χ1v) is 8.40. The number of amides is 2. The molecule has 0 aliphatic carbocycles. The molecular weight excluding hydrogens is 290 g/mol. The van der Waals surface area contributed by atoms with Gasteiger partial charge in [-0.25, -0.2) is 0 Å². The summed E-state index contributed by atoms with van der Waals surface area (Å²) in [6.45, 7) is 6.52. The normalized spacial score (nSPS) is 19.0. The molecule has 5 nitrogen and oxygen atoms in total. The minimum atomic E-state index is -0.549. The van der Waals surface area contributed by atoms with Crippen LogP contribution in [-0.4, -0.2) is 35.3 Å². The molecule has 1 heterocycles. The van der Waals surface area contributed by atoms with Crippen molar-refractivity contribution in [2.75, 3.05) is 11.9 Å². The Balaban J connectivity index is 2.07. The molecule has 0 bridgehead atoms. The predicted molar refractivity (Wildman–Crippen MR) is 92.0 cm³/mol. The van der Waals surface area contributed by atoms with Gasteiger partial charge in [0.15, 0.2) is 0 Å². The van der Waals surface area contributed by atoms with Crippen molar-refractivity contribution in [3.63, 3.8) is 0 Å². The number of hydrogen-bond donors (Lipinski definition) is 2. The molecule has 3 N–H and O–H groups in total. The van der Waals surface area contributed by atoms with Crippen LogP contribution in [0.25, 0.3) is 0 Å². The van der Waals surface area contributed by atoms with Crippen molar-refractivity contribution in [3.8, 4) is 0 Å². The number of anilines is 1. The molecule has 23 heavy (non-hydrogen) atoms. The molecule has 0 aromatic heterocycles. The Morgan fingerprint density at radius 3 is 2.78 bits per heavy atom. The van der Waals surface area contributed by atoms with Crippen molar-refractivity contribution in [1.29, 1.82) is 0 Å². The number of aryl methyl sites for hydroxylation is 1. The van der Waals surface area contributed by atoms with Gasteiger partial charge in [0, 0.05) is 12.2 Å². The highest BCUT2D eigenvalue weighted by Gasteiger charge is 2.36. The predicted octanol–water partition coefficient (Wildman–Crippen LogP) is 2.16. The number of nitrogens with one attached hydrogen (secondary N) is 1. The van der Waals surface area contributed by atoms with Gasteiger partial charge in [-0.15, -0.1) is 0 Å². The van der Waals surface area contributed by atoms with E-state index in [1.807, 2.05) is 38.1 Å². The van der Waals surface area contributed by atoms with Crippen LogP contribution in [0.4, 0.5) is 5.69 Å². The summed E-state index contributed by atoms with van der Waals surface area (Å²) in [5.41, 5.74) is 7.92. The number of hydrogen-bond acceptors (Lipinski definition) is 3. The maximum Gasteiger partial charge on any atom is 0.247 e. The van der Waals surface area contributed by atoms with Crippen LogP contribution >= 0.6 is 0 Å². The molecule has 0 radical (unpaired) electrons. The second-order valence-corrected chi connectivity index (χ2v) is 6.50. The van der Waals surface area contributed by atoms with Gasteiger partial charge in [0.25, 0.3) is 0 Å². The summed E-state index contributed by atoms with van der Waals surface area (Å²) < 4.78 is 0. The van der Waals surface area contributed by atoms with Crippen molar-refractivity contribution in [2.24, 2.45) is 11.7 Å². The highest BCUT2D eigenvalue weighted by atomic mass is 16.2. The molecule has 5 heteroatoms. The second kappa shape index (κ2) is 7.59. The average molecular weight is 317 g/mol. The number of rotatable bonds is 5. The lowest BCUT2D eigenvalue weighted by Gasteiger charge is -2.28. The minimum Gasteiger partial charge on any atom is -0.329 e. The highest BCUT2D eigenvalue weighted by molar-refractivity contribution is 5.98. The number of nitrogens with zero attached hydrogens (tertiary/aromatic N) is 1. The lowest BCUT2D eigenvalue weighted by atomic mass is 10.0. The molecule has 1 aromatic rings. The second-order valence-electron chi connectivity index (χ2n) is 6.50. The van der Waals surface area contributed by atoms with Crippen LogP contribution < -0.4 is 11.1 Å². The lowest BCUT2D eigenvalue weighted by molar-refractivity contribution is -0.138. The first-order chi connectivity index (χ1) is 10.9. The number of carbonyl (C=O) groups is 2. The molecule has 2 atom stereocenters. The molecule has 2 rings (SSSR count). The van der Waals surface area contributed by atoms with Gasteiger partial charge in [-0.2, -0.15) is 0 Å². The Morgan fingerprint density at radius 2 is 2.13 bits per heavy atom. The summed E-state index contributed by atoms with van der Waals surface area (Å²) in [6.07, 6.45) is 2.44. The van der Waals surface area contributed by atoms with Crippen LogP contribution in [0.15, 0.2) is 24.3 Å². The summed E-state index contributed by atoms with van der Waals surface area (Å²) in [7, 11) is 0. The van der Waals surface area contributed by atoms with Gasteiger partial charge in [0.1, 0.15) is 6.04 Å². The van der Waals surface area contributed by atoms with E-state index in [0.29, 0.717) is 13.0 Å². The summed E-state index contributed by atoms with van der Waals surface area (Å²) in [5, 5.41) is 2.94. The third-order valence-corrected chi connectivity index (χ3v) is 4.44. The molecule has 126 valence electrons. The van der Waals surface area contributed by atoms with Crippen LogP contribution in [0, 0.1) is 5.92 Å². The summed E-state index contributed by atoms with van der Waals surface area (Å²) >= 11 is 0. The van der Waals surface area contributed by atoms with Crippen LogP contribution in [0.5, 0.6) is 0 Å². The number of likely N-dealkylation sites (tertiary alicyclic amines) is 1. The van der Waals surface area contributed by atoms with E-state index in [9.17, 15) is 9.59 Å². The third kappa shape index (κ3) is 4.10. The maximum absolute atomic E-state index is 12.6. The Morgan fingerprint density at radius 1 is 1.39 bits per heavy atom. The Hall–Kier alpha value is -1.88. The smallest absolute Gasteiger partial charge is 0.247 e. The van der Waals surface area contributed by atoms with E-state index in [-0.39, 0.29) is 17.7 Å². The SMILES string of the molecule is CCc1cccc(NC(=O)C2CCCN2C(=O)C(N)C(C)C)c1. The number of nitrogens with two attached hydrogens (primary N) is 1. The van der Waals surface area contributed by atoms with Crippen molar-refractivity contribution in [3.05, 3.63) is 29.8 Å². The fraction of sp³-hybridized carbons (Fsp3) is 0.556. The van der Waals surface area contributed by atoms with Crippen molar-refractivity contribution in [2.45, 2.75) is 52.1 Å². The summed E-state index contributed by atoms with van der Waals surface area (Å²) in [4.78, 5) is 26.7. The van der Waals surface area contributed by atoms with E-state index in [2.05, 4.69) is 12.2 Å². The minimum absolute atomic E-state index is 0.0630. The average Bonchev–Trinajstić information content (AvgIpc) is 3.03. The van der Waals surface area contributed by atoms with Gasteiger partial charge in [-0.1, -0.05) is 32.9 Å². The first-order valence-electron chi connectivity index (χ1n) is 8.40. The van der Waals surface area contributed by atoms with Crippen molar-refractivity contribution in [1.82, 2.24) is 4.90 Å². The maximum atomic E-state index is 12.6. The van der Waals surface area contributed by atoms with Crippen molar-refractivity contribution < 1.29 is 9.59 Å². The van der Waals surface area contributed by atoms with E-state index in [1.165, 1.54) is 5.56 Å². The standard InChI is InChI=1S/C18H27N3O2/c1-4-13-7-5-8-14(11-13)20-17(22)15-9-6-10-21(15)18(23)16(19)12(2)3/h5,7-8,11-12,15-16H,4,6,9-10,19H2,1-3H3,(H,20,22). The summed E-state index contributed by atoms with van der Waals surface area (Å²) in [5.74, 6) is -0.187. The van der Waals surface area contributed by atoms with Gasteiger partial charge in [-0.3, -0.25) is 9.59 Å². The van der Waals surface area contributed by atoms with Crippen LogP contribution in [-0.2, 0) is 16.0 Å². The molecule has 2 amide bonds. The molecule has 1 aromatic carbocycles. The number of benzene rings is 1. The van der Waals surface area contributed by atoms with Gasteiger partial charge >= 0.3 is 0 Å². The molecule has 1 saturated heterocycles. The van der Waals surface area contributed by atoms with Crippen LogP contribution in [0.1, 0.15) is 39.2 Å². The Bertz CT molecular complexity index is 571. The molecule has 0 spiro atoms. The van der Waals surface area contributed by atoms with Gasteiger partial charge in [0.2, 0.25) is 11.8 Å². The quantitative estimate of drug-likeness (QED) is 0.874. The Kier molecular flexibility index (Phi) is 5.77. The third-order valence-electron chi connectivity index (χ3n) is 4.44. The zero-order valence-electron chi connectivity index (χ0n) is 14.2. The highest BCUT2D eigenvalue weighted by Crippen LogP contribution is 2.21. The fourth-order valence-corrected chi connectivity index (χ4v) is 2.87. The molecular formula is C18H27N3O2. The van der Waals surface area contributed by atoms with E-state index in [4.69, 9.17) is 5.73 Å². The fourth-order valence-electron chi connectivity index (χ4n) is 2.87. The van der Waals surface area contributed by atoms with Gasteiger partial charge in [0.05, 0.1) is 6.04 Å². The molecule has 2 unspecified atom stereocenters. The first kappa shape index (κ1) is 17.5. The molecule has 0 saturated carbocycles. The molecule has 1 aliphatic heterocycles. The molecule has 1 aliphatic rings. The zero-order chi connectivity index (χ0) is 17.0. The Labute approximate surface area is 138 Å². The number of carbonyl (C=O) groups excluding carboxylic acids is 2. The largest absolute Gasteiger partial charge is 0.329 e. The topological polar surface area (TPSA) is 75.4 Å². The summed E-state index contributed by atoms with van der Waals surface area (Å²) in [6, 6.07) is 6.84. The van der Waals surface area contributed by atoms with Crippen LogP contribution in [0.3, 0.4) is 0 Å². The van der Waals surface area contributed by atoms with Crippen molar-refractivity contribution >= 4 is 17.5 Å². The molecule has 1 fully saturated rings. The van der Waals surface area contributed by atoms with E-state index in [0.717, 1.165) is 18.5 Å². The van der Waals surface area contributed by atoms with Gasteiger partial charge < -0.3 is 16.0 Å².